The van der Waals surface area contributed by atoms with Crippen LogP contribution in [0.3, 0.4) is 0 Å². The molecule has 8 nitrogen and oxygen atoms in total. The molecule has 0 heterocycles. The van der Waals surface area contributed by atoms with Gasteiger partial charge in [0.05, 0.1) is 7.11 Å². The standard InChI is InChI=1S/C20H34N4O4/c1-19(2,3)12-13(20(4,5)6)16(28-7)11(14(25)15(12)26)17(27)23-9-8-10-24-18(21)22/h25-26H,8-10H2,1-7H3,(H,23,27)(H4,21,22,24). The van der Waals surface area contributed by atoms with Gasteiger partial charge in [-0.2, -0.15) is 0 Å². The highest BCUT2D eigenvalue weighted by Gasteiger charge is 2.37. The Morgan fingerprint density at radius 1 is 1.00 bits per heavy atom. The summed E-state index contributed by atoms with van der Waals surface area (Å²) in [6.07, 6.45) is 0.534. The number of carbonyl (C=O) groups is 1. The number of nitrogens with one attached hydrogen (secondary N) is 3. The Bertz CT molecular complexity index is 746. The van der Waals surface area contributed by atoms with Crippen LogP contribution >= 0.6 is 0 Å². The molecule has 1 aromatic rings. The Morgan fingerprint density at radius 3 is 1.93 bits per heavy atom. The Balaban J connectivity index is 3.42. The molecule has 7 N–H and O–H groups in total. The van der Waals surface area contributed by atoms with Crippen molar-refractivity contribution in [1.29, 1.82) is 5.41 Å². The van der Waals surface area contributed by atoms with E-state index in [1.165, 1.54) is 7.11 Å². The number of benzene rings is 1. The van der Waals surface area contributed by atoms with E-state index in [4.69, 9.17) is 15.9 Å². The number of rotatable bonds is 6. The maximum Gasteiger partial charge on any atom is 0.259 e. The van der Waals surface area contributed by atoms with Gasteiger partial charge in [-0.05, 0) is 17.3 Å². The Morgan fingerprint density at radius 2 is 1.50 bits per heavy atom. The lowest BCUT2D eigenvalue weighted by Gasteiger charge is -2.33. The number of ether oxygens (including phenoxy) is 1. The monoisotopic (exact) mass is 394 g/mol. The second-order valence-electron chi connectivity index (χ2n) is 8.81. The zero-order valence-corrected chi connectivity index (χ0v) is 17.9. The summed E-state index contributed by atoms with van der Waals surface area (Å²) in [7, 11) is 1.45. The number of hydrogen-bond acceptors (Lipinski definition) is 5. The van der Waals surface area contributed by atoms with Crippen LogP contribution in [0.25, 0.3) is 0 Å². The summed E-state index contributed by atoms with van der Waals surface area (Å²) >= 11 is 0. The fourth-order valence-corrected chi connectivity index (χ4v) is 3.16. The van der Waals surface area contributed by atoms with Crippen molar-refractivity contribution in [2.45, 2.75) is 58.8 Å². The lowest BCUT2D eigenvalue weighted by molar-refractivity contribution is 0.0946. The van der Waals surface area contributed by atoms with Gasteiger partial charge < -0.3 is 31.3 Å². The molecule has 0 unspecified atom stereocenters. The maximum absolute atomic E-state index is 12.8. The van der Waals surface area contributed by atoms with Crippen molar-refractivity contribution in [3.63, 3.8) is 0 Å². The molecule has 8 heteroatoms. The van der Waals surface area contributed by atoms with Crippen LogP contribution in [0.5, 0.6) is 17.2 Å². The van der Waals surface area contributed by atoms with E-state index in [1.807, 2.05) is 41.5 Å². The van der Waals surface area contributed by atoms with E-state index >= 15 is 0 Å². The highest BCUT2D eigenvalue weighted by Crippen LogP contribution is 2.51. The molecular formula is C20H34N4O4. The van der Waals surface area contributed by atoms with Gasteiger partial charge >= 0.3 is 0 Å². The van der Waals surface area contributed by atoms with E-state index in [1.54, 1.807) is 0 Å². The Labute approximate surface area is 167 Å². The third-order valence-corrected chi connectivity index (χ3v) is 4.29. The number of amides is 1. The molecule has 0 saturated carbocycles. The van der Waals surface area contributed by atoms with Crippen LogP contribution in [0.1, 0.15) is 69.4 Å². The van der Waals surface area contributed by atoms with Crippen molar-refractivity contribution >= 4 is 11.9 Å². The van der Waals surface area contributed by atoms with Gasteiger partial charge in [-0.1, -0.05) is 41.5 Å². The smallest absolute Gasteiger partial charge is 0.259 e. The van der Waals surface area contributed by atoms with Crippen LogP contribution in [-0.4, -0.2) is 42.3 Å². The third kappa shape index (κ3) is 5.21. The van der Waals surface area contributed by atoms with Crippen LogP contribution in [0.4, 0.5) is 0 Å². The lowest BCUT2D eigenvalue weighted by atomic mass is 9.73. The van der Waals surface area contributed by atoms with Crippen molar-refractivity contribution in [2.24, 2.45) is 5.73 Å². The number of carbonyl (C=O) groups excluding carboxylic acids is 1. The van der Waals surface area contributed by atoms with Crippen molar-refractivity contribution in [3.8, 4) is 17.2 Å². The average molecular weight is 395 g/mol. The number of phenolic OH excluding ortho intramolecular Hbond substituents is 2. The number of hydrogen-bond donors (Lipinski definition) is 6. The normalized spacial score (nSPS) is 11.8. The molecule has 1 rings (SSSR count). The summed E-state index contributed by atoms with van der Waals surface area (Å²) in [5, 5.41) is 33.9. The van der Waals surface area contributed by atoms with Crippen molar-refractivity contribution in [1.82, 2.24) is 10.6 Å². The number of methoxy groups -OCH3 is 1. The number of guanidine groups is 1. The zero-order valence-electron chi connectivity index (χ0n) is 17.9. The molecule has 0 aliphatic rings. The quantitative estimate of drug-likeness (QED) is 0.189. The fourth-order valence-electron chi connectivity index (χ4n) is 3.16. The van der Waals surface area contributed by atoms with Crippen LogP contribution in [-0.2, 0) is 10.8 Å². The molecule has 0 radical (unpaired) electrons. The van der Waals surface area contributed by atoms with Crippen molar-refractivity contribution < 1.29 is 19.7 Å². The first kappa shape index (κ1) is 23.4. The lowest BCUT2D eigenvalue weighted by Crippen LogP contribution is -2.33. The van der Waals surface area contributed by atoms with Gasteiger partial charge in [-0.3, -0.25) is 10.2 Å². The summed E-state index contributed by atoms with van der Waals surface area (Å²) in [5.74, 6) is -1.22. The van der Waals surface area contributed by atoms with Crippen LogP contribution in [0, 0.1) is 5.41 Å². The van der Waals surface area contributed by atoms with Gasteiger partial charge in [0.1, 0.15) is 11.3 Å². The molecule has 0 spiro atoms. The van der Waals surface area contributed by atoms with E-state index in [9.17, 15) is 15.0 Å². The predicted octanol–water partition coefficient (Wildman–Crippen LogP) is 2.30. The highest BCUT2D eigenvalue weighted by atomic mass is 16.5. The second-order valence-corrected chi connectivity index (χ2v) is 8.81. The van der Waals surface area contributed by atoms with E-state index in [0.29, 0.717) is 30.6 Å². The summed E-state index contributed by atoms with van der Waals surface area (Å²) < 4.78 is 5.57. The first-order chi connectivity index (χ1) is 12.7. The second kappa shape index (κ2) is 8.58. The van der Waals surface area contributed by atoms with Crippen LogP contribution < -0.4 is 21.1 Å². The highest BCUT2D eigenvalue weighted by molar-refractivity contribution is 6.01. The molecule has 0 atom stereocenters. The molecule has 0 fully saturated rings. The first-order valence-corrected chi connectivity index (χ1v) is 9.26. The number of nitrogens with two attached hydrogens (primary N) is 1. The van der Waals surface area contributed by atoms with Gasteiger partial charge in [0.15, 0.2) is 17.5 Å². The van der Waals surface area contributed by atoms with E-state index in [0.717, 1.165) is 0 Å². The zero-order chi connectivity index (χ0) is 21.9. The largest absolute Gasteiger partial charge is 0.504 e. The molecular weight excluding hydrogens is 360 g/mol. The molecule has 158 valence electrons. The minimum Gasteiger partial charge on any atom is -0.504 e. The minimum atomic E-state index is -0.543. The van der Waals surface area contributed by atoms with Gasteiger partial charge in [0.25, 0.3) is 5.91 Å². The van der Waals surface area contributed by atoms with E-state index < -0.39 is 22.5 Å². The van der Waals surface area contributed by atoms with Gasteiger partial charge in [-0.15, -0.1) is 0 Å². The summed E-state index contributed by atoms with van der Waals surface area (Å²) in [5.41, 5.74) is 5.44. The molecule has 0 aliphatic carbocycles. The molecule has 0 aromatic heterocycles. The maximum atomic E-state index is 12.8. The summed E-state index contributed by atoms with van der Waals surface area (Å²) in [6.45, 7) is 12.4. The molecule has 1 aromatic carbocycles. The summed E-state index contributed by atoms with van der Waals surface area (Å²) in [6, 6.07) is 0. The average Bonchev–Trinajstić information content (AvgIpc) is 2.53. The fraction of sp³-hybridized carbons (Fsp3) is 0.600. The number of phenols is 2. The molecule has 28 heavy (non-hydrogen) atoms. The third-order valence-electron chi connectivity index (χ3n) is 4.29. The van der Waals surface area contributed by atoms with Gasteiger partial charge in [0.2, 0.25) is 0 Å². The topological polar surface area (TPSA) is 141 Å². The molecule has 1 amide bonds. The Hall–Kier alpha value is -2.64. The van der Waals surface area contributed by atoms with Crippen molar-refractivity contribution in [2.75, 3.05) is 20.2 Å². The molecule has 0 saturated heterocycles. The van der Waals surface area contributed by atoms with Gasteiger partial charge in [-0.25, -0.2) is 0 Å². The summed E-state index contributed by atoms with van der Waals surface area (Å²) in [4.78, 5) is 12.8. The first-order valence-electron chi connectivity index (χ1n) is 9.26. The Kier molecular flexibility index (Phi) is 7.17. The van der Waals surface area contributed by atoms with Crippen LogP contribution in [0.15, 0.2) is 0 Å². The number of aromatic hydroxyl groups is 2. The molecule has 0 bridgehead atoms. The van der Waals surface area contributed by atoms with Crippen LogP contribution in [0.2, 0.25) is 0 Å². The minimum absolute atomic E-state index is 0.0857. The van der Waals surface area contributed by atoms with E-state index in [-0.39, 0.29) is 23.0 Å². The molecule has 0 aliphatic heterocycles. The van der Waals surface area contributed by atoms with E-state index in [2.05, 4.69) is 10.6 Å². The van der Waals surface area contributed by atoms with Gasteiger partial charge in [0, 0.05) is 24.2 Å². The predicted molar refractivity (Wildman–Crippen MR) is 111 cm³/mol. The van der Waals surface area contributed by atoms with Crippen molar-refractivity contribution in [3.05, 3.63) is 16.7 Å². The SMILES string of the molecule is COc1c(C(=O)NCCCNC(=N)N)c(O)c(O)c(C(C)(C)C)c1C(C)(C)C.